The van der Waals surface area contributed by atoms with Crippen molar-refractivity contribution in [3.8, 4) is 0 Å². The Bertz CT molecular complexity index is 513. The fraction of sp³-hybridized carbons (Fsp3) is 0.462. The summed E-state index contributed by atoms with van der Waals surface area (Å²) in [6.45, 7) is 0.505. The van der Waals surface area contributed by atoms with E-state index in [0.29, 0.717) is 19.4 Å². The summed E-state index contributed by atoms with van der Waals surface area (Å²) in [4.78, 5) is 11.2. The maximum atomic E-state index is 14.0. The largest absolute Gasteiger partial charge is 0.465 e. The number of benzene rings is 1. The van der Waals surface area contributed by atoms with Crippen molar-refractivity contribution in [2.75, 3.05) is 13.7 Å². The zero-order valence-corrected chi connectivity index (χ0v) is 10.7. The monoisotopic (exact) mass is 291 g/mol. The van der Waals surface area contributed by atoms with Gasteiger partial charge in [-0.25, -0.2) is 22.4 Å². The lowest BCUT2D eigenvalue weighted by Crippen LogP contribution is -2.29. The predicted molar refractivity (Wildman–Crippen MR) is 62.2 cm³/mol. The Morgan fingerprint density at radius 3 is 2.15 bits per heavy atom. The van der Waals surface area contributed by atoms with Gasteiger partial charge in [-0.05, 0) is 19.4 Å². The second kappa shape index (κ2) is 5.78. The number of halogens is 4. The molecular formula is C13H13F4NO2. The summed E-state index contributed by atoms with van der Waals surface area (Å²) >= 11 is 0. The Balaban J connectivity index is 2.57. The number of esters is 1. The summed E-state index contributed by atoms with van der Waals surface area (Å²) in [5.74, 6) is -8.01. The topological polar surface area (TPSA) is 38.3 Å². The molecule has 1 saturated heterocycles. The van der Waals surface area contributed by atoms with Gasteiger partial charge in [0, 0.05) is 11.6 Å². The normalized spacial score (nSPS) is 18.9. The third kappa shape index (κ3) is 2.37. The van der Waals surface area contributed by atoms with E-state index in [2.05, 4.69) is 10.1 Å². The van der Waals surface area contributed by atoms with Crippen LogP contribution in [0, 0.1) is 23.3 Å². The smallest absolute Gasteiger partial charge is 0.344 e. The van der Waals surface area contributed by atoms with Gasteiger partial charge in [-0.3, -0.25) is 0 Å². The molecule has 7 heteroatoms. The number of carbonyl (C=O) groups is 1. The van der Waals surface area contributed by atoms with Crippen LogP contribution in [0.3, 0.4) is 0 Å². The number of hydrogen-bond donors (Lipinski definition) is 1. The second-order valence-electron chi connectivity index (χ2n) is 4.54. The van der Waals surface area contributed by atoms with Crippen molar-refractivity contribution in [2.24, 2.45) is 0 Å². The molecule has 0 bridgehead atoms. The molecule has 0 saturated carbocycles. The molecule has 0 amide bonds. The fourth-order valence-corrected chi connectivity index (χ4v) is 2.33. The van der Waals surface area contributed by atoms with Crippen LogP contribution < -0.4 is 5.32 Å². The molecule has 0 aliphatic carbocycles. The van der Waals surface area contributed by atoms with Crippen molar-refractivity contribution in [1.29, 1.82) is 0 Å². The molecule has 0 spiro atoms. The van der Waals surface area contributed by atoms with Crippen LogP contribution in [0.15, 0.2) is 0 Å². The zero-order chi connectivity index (χ0) is 14.9. The van der Waals surface area contributed by atoms with Crippen molar-refractivity contribution in [2.45, 2.75) is 25.3 Å². The Morgan fingerprint density at radius 1 is 1.10 bits per heavy atom. The average Bonchev–Trinajstić information content (AvgIpc) is 2.46. The fourth-order valence-electron chi connectivity index (χ4n) is 2.33. The van der Waals surface area contributed by atoms with E-state index >= 15 is 0 Å². The highest BCUT2D eigenvalue weighted by Crippen LogP contribution is 2.32. The zero-order valence-electron chi connectivity index (χ0n) is 10.7. The maximum Gasteiger partial charge on any atom is 0.344 e. The maximum absolute atomic E-state index is 14.0. The van der Waals surface area contributed by atoms with Crippen molar-refractivity contribution < 1.29 is 27.1 Å². The van der Waals surface area contributed by atoms with Crippen LogP contribution in [0.2, 0.25) is 0 Å². The minimum Gasteiger partial charge on any atom is -0.465 e. The lowest BCUT2D eigenvalue weighted by Gasteiger charge is -2.25. The number of piperidine rings is 1. The van der Waals surface area contributed by atoms with Crippen LogP contribution in [0.5, 0.6) is 0 Å². The summed E-state index contributed by atoms with van der Waals surface area (Å²) < 4.78 is 59.6. The number of carbonyl (C=O) groups excluding carboxylic acids is 1. The molecule has 1 aliphatic rings. The molecule has 1 heterocycles. The van der Waals surface area contributed by atoms with E-state index in [1.54, 1.807) is 0 Å². The SMILES string of the molecule is COC(=O)c1c(F)c(F)c(C2CCCCN2)c(F)c1F. The van der Waals surface area contributed by atoms with Crippen LogP contribution in [0.25, 0.3) is 0 Å². The third-order valence-corrected chi connectivity index (χ3v) is 3.35. The first-order chi connectivity index (χ1) is 9.49. The Labute approximate surface area is 112 Å². The van der Waals surface area contributed by atoms with Gasteiger partial charge in [0.15, 0.2) is 23.3 Å². The molecule has 1 aliphatic heterocycles. The van der Waals surface area contributed by atoms with Gasteiger partial charge in [-0.2, -0.15) is 0 Å². The molecule has 1 fully saturated rings. The van der Waals surface area contributed by atoms with Crippen LogP contribution in [0.1, 0.15) is 41.2 Å². The summed E-state index contributed by atoms with van der Waals surface area (Å²) in [6, 6.07) is -0.806. The van der Waals surface area contributed by atoms with E-state index in [9.17, 15) is 22.4 Å². The van der Waals surface area contributed by atoms with Crippen molar-refractivity contribution in [1.82, 2.24) is 5.32 Å². The van der Waals surface area contributed by atoms with E-state index in [1.165, 1.54) is 0 Å². The lowest BCUT2D eigenvalue weighted by atomic mass is 9.95. The van der Waals surface area contributed by atoms with E-state index in [-0.39, 0.29) is 0 Å². The molecule has 1 aromatic carbocycles. The van der Waals surface area contributed by atoms with Crippen molar-refractivity contribution in [3.05, 3.63) is 34.4 Å². The third-order valence-electron chi connectivity index (χ3n) is 3.35. The summed E-state index contributed by atoms with van der Waals surface area (Å²) in [7, 11) is 0.869. The Morgan fingerprint density at radius 2 is 1.70 bits per heavy atom. The van der Waals surface area contributed by atoms with E-state index in [0.717, 1.165) is 13.5 Å². The van der Waals surface area contributed by atoms with Crippen molar-refractivity contribution in [3.63, 3.8) is 0 Å². The summed E-state index contributed by atoms with van der Waals surface area (Å²) in [6.07, 6.45) is 1.88. The summed E-state index contributed by atoms with van der Waals surface area (Å²) in [5, 5.41) is 2.80. The van der Waals surface area contributed by atoms with Gasteiger partial charge >= 0.3 is 5.97 Å². The molecule has 1 N–H and O–H groups in total. The number of hydrogen-bond acceptors (Lipinski definition) is 3. The first kappa shape index (κ1) is 14.8. The van der Waals surface area contributed by atoms with Crippen LogP contribution in [-0.4, -0.2) is 19.6 Å². The van der Waals surface area contributed by atoms with Gasteiger partial charge in [0.05, 0.1) is 7.11 Å². The van der Waals surface area contributed by atoms with Gasteiger partial charge in [-0.15, -0.1) is 0 Å². The number of methoxy groups -OCH3 is 1. The lowest BCUT2D eigenvalue weighted by molar-refractivity contribution is 0.0586. The minimum atomic E-state index is -1.72. The highest BCUT2D eigenvalue weighted by atomic mass is 19.2. The van der Waals surface area contributed by atoms with Crippen molar-refractivity contribution >= 4 is 5.97 Å². The van der Waals surface area contributed by atoms with Crippen LogP contribution in [0.4, 0.5) is 17.6 Å². The Hall–Kier alpha value is -1.63. The minimum absolute atomic E-state index is 0.365. The molecule has 2 rings (SSSR count). The molecule has 1 atom stereocenters. The predicted octanol–water partition coefficient (Wildman–Crippen LogP) is 2.84. The average molecular weight is 291 g/mol. The van der Waals surface area contributed by atoms with Gasteiger partial charge in [-0.1, -0.05) is 6.42 Å². The molecule has 1 unspecified atom stereocenters. The van der Waals surface area contributed by atoms with Gasteiger partial charge in [0.2, 0.25) is 0 Å². The van der Waals surface area contributed by atoms with Gasteiger partial charge < -0.3 is 10.1 Å². The molecule has 20 heavy (non-hydrogen) atoms. The molecule has 3 nitrogen and oxygen atoms in total. The molecule has 0 aromatic heterocycles. The number of rotatable bonds is 2. The summed E-state index contributed by atoms with van der Waals surface area (Å²) in [5.41, 5.74) is -2.05. The van der Waals surface area contributed by atoms with E-state index in [4.69, 9.17) is 0 Å². The first-order valence-corrected chi connectivity index (χ1v) is 6.16. The highest BCUT2D eigenvalue weighted by Gasteiger charge is 2.33. The molecule has 0 radical (unpaired) electrons. The standard InChI is InChI=1S/C13H13F4NO2/c1-20-13(19)8-11(16)9(14)7(10(15)12(8)17)6-4-2-3-5-18-6/h6,18H,2-5H2,1H3. The van der Waals surface area contributed by atoms with E-state index < -0.39 is 46.4 Å². The number of ether oxygens (including phenoxy) is 1. The van der Waals surface area contributed by atoms with Crippen LogP contribution >= 0.6 is 0 Å². The molecule has 1 aromatic rings. The molecule has 110 valence electrons. The van der Waals surface area contributed by atoms with E-state index in [1.807, 2.05) is 0 Å². The van der Waals surface area contributed by atoms with Crippen LogP contribution in [-0.2, 0) is 4.74 Å². The second-order valence-corrected chi connectivity index (χ2v) is 4.54. The number of nitrogens with one attached hydrogen (secondary N) is 1. The Kier molecular flexibility index (Phi) is 4.27. The van der Waals surface area contributed by atoms with Gasteiger partial charge in [0.1, 0.15) is 5.56 Å². The highest BCUT2D eigenvalue weighted by molar-refractivity contribution is 5.90. The molecular weight excluding hydrogens is 278 g/mol. The quantitative estimate of drug-likeness (QED) is 0.517. The van der Waals surface area contributed by atoms with Gasteiger partial charge in [0.25, 0.3) is 0 Å². The first-order valence-electron chi connectivity index (χ1n) is 6.16.